The zero-order chi connectivity index (χ0) is 14.1. The van der Waals surface area contributed by atoms with Crippen molar-refractivity contribution in [3.8, 4) is 11.5 Å². The molecule has 0 fully saturated rings. The lowest BCUT2D eigenvalue weighted by atomic mass is 10.2. The number of ether oxygens (including phenoxy) is 1. The van der Waals surface area contributed by atoms with Gasteiger partial charge in [0.15, 0.2) is 0 Å². The lowest BCUT2D eigenvalue weighted by Gasteiger charge is -2.08. The zero-order valence-electron chi connectivity index (χ0n) is 10.7. The summed E-state index contributed by atoms with van der Waals surface area (Å²) in [7, 11) is 0. The number of hydrogen-bond donors (Lipinski definition) is 0. The van der Waals surface area contributed by atoms with Gasteiger partial charge in [-0.25, -0.2) is 4.98 Å². The highest BCUT2D eigenvalue weighted by Crippen LogP contribution is 2.28. The summed E-state index contributed by atoms with van der Waals surface area (Å²) in [5.74, 6) is 1.26. The second kappa shape index (κ2) is 4.65. The fraction of sp³-hybridized carbons (Fsp3) is 0.0714. The number of aryl methyl sites for hydroxylation is 1. The monoisotopic (exact) mass is 269 g/mol. The highest BCUT2D eigenvalue weighted by atomic mass is 16.6. The summed E-state index contributed by atoms with van der Waals surface area (Å²) in [5, 5.41) is 10.7. The normalized spacial score (nSPS) is 10.7. The maximum absolute atomic E-state index is 10.7. The third-order valence-electron chi connectivity index (χ3n) is 2.98. The van der Waals surface area contributed by atoms with Gasteiger partial charge < -0.3 is 9.14 Å². The molecule has 100 valence electrons. The quantitative estimate of drug-likeness (QED) is 0.540. The van der Waals surface area contributed by atoms with Crippen LogP contribution in [0.2, 0.25) is 0 Å². The number of aromatic nitrogens is 2. The van der Waals surface area contributed by atoms with Crippen molar-refractivity contribution in [2.24, 2.45) is 0 Å². The average Bonchev–Trinajstić information content (AvgIpc) is 2.88. The maximum atomic E-state index is 10.7. The Kier molecular flexibility index (Phi) is 2.83. The van der Waals surface area contributed by atoms with Crippen LogP contribution in [0.5, 0.6) is 11.5 Å². The van der Waals surface area contributed by atoms with Crippen LogP contribution in [-0.2, 0) is 0 Å². The van der Waals surface area contributed by atoms with Crippen molar-refractivity contribution < 1.29 is 9.66 Å². The topological polar surface area (TPSA) is 69.7 Å². The minimum absolute atomic E-state index is 0.0566. The number of non-ortho nitro benzene ring substituents is 1. The van der Waals surface area contributed by atoms with Gasteiger partial charge in [0.25, 0.3) is 5.69 Å². The molecule has 2 aromatic heterocycles. The Balaban J connectivity index is 1.92. The van der Waals surface area contributed by atoms with Crippen LogP contribution in [0.4, 0.5) is 5.69 Å². The van der Waals surface area contributed by atoms with Gasteiger partial charge in [-0.15, -0.1) is 0 Å². The van der Waals surface area contributed by atoms with Gasteiger partial charge in [0.2, 0.25) is 0 Å². The lowest BCUT2D eigenvalue weighted by molar-refractivity contribution is -0.384. The van der Waals surface area contributed by atoms with Gasteiger partial charge in [-0.05, 0) is 24.6 Å². The highest BCUT2D eigenvalue weighted by molar-refractivity contribution is 5.51. The Morgan fingerprint density at radius 3 is 2.90 bits per heavy atom. The van der Waals surface area contributed by atoms with Crippen LogP contribution in [0, 0.1) is 17.0 Å². The number of fused-ring (bicyclic) bond motifs is 1. The molecule has 0 aliphatic heterocycles. The molecule has 3 rings (SSSR count). The zero-order valence-corrected chi connectivity index (χ0v) is 10.7. The van der Waals surface area contributed by atoms with Gasteiger partial charge in [-0.1, -0.05) is 0 Å². The molecule has 0 spiro atoms. The summed E-state index contributed by atoms with van der Waals surface area (Å²) < 4.78 is 7.63. The first kappa shape index (κ1) is 12.2. The number of hydrogen-bond acceptors (Lipinski definition) is 4. The summed E-state index contributed by atoms with van der Waals surface area (Å²) in [4.78, 5) is 14.3. The molecule has 0 N–H and O–H groups in total. The standard InChI is InChI=1S/C14H11N3O3/c1-10-6-11(17(18)19)2-3-14(10)20-13-4-5-16-9-15-8-12(16)7-13/h2-9H,1H3. The minimum atomic E-state index is -0.422. The van der Waals surface area contributed by atoms with Crippen LogP contribution in [0.25, 0.3) is 5.52 Å². The Hall–Kier alpha value is -2.89. The molecule has 3 aromatic rings. The maximum Gasteiger partial charge on any atom is 0.269 e. The molecular weight excluding hydrogens is 258 g/mol. The molecule has 1 aromatic carbocycles. The van der Waals surface area contributed by atoms with E-state index in [0.29, 0.717) is 17.1 Å². The van der Waals surface area contributed by atoms with Gasteiger partial charge in [-0.3, -0.25) is 10.1 Å². The van der Waals surface area contributed by atoms with E-state index in [9.17, 15) is 10.1 Å². The number of nitro groups is 1. The van der Waals surface area contributed by atoms with Crippen LogP contribution in [-0.4, -0.2) is 14.3 Å². The van der Waals surface area contributed by atoms with Crippen molar-refractivity contribution in [3.05, 3.63) is 64.7 Å². The van der Waals surface area contributed by atoms with Crippen LogP contribution < -0.4 is 4.74 Å². The lowest BCUT2D eigenvalue weighted by Crippen LogP contribution is -1.92. The minimum Gasteiger partial charge on any atom is -0.457 e. The van der Waals surface area contributed by atoms with E-state index < -0.39 is 4.92 Å². The van der Waals surface area contributed by atoms with Crippen molar-refractivity contribution in [1.29, 1.82) is 0 Å². The molecule has 0 saturated heterocycles. The van der Waals surface area contributed by atoms with Crippen LogP contribution >= 0.6 is 0 Å². The molecule has 0 aliphatic carbocycles. The molecule has 0 saturated carbocycles. The Labute approximate surface area is 114 Å². The van der Waals surface area contributed by atoms with Crippen molar-refractivity contribution in [2.45, 2.75) is 6.92 Å². The van der Waals surface area contributed by atoms with Crippen molar-refractivity contribution in [1.82, 2.24) is 9.38 Å². The predicted molar refractivity (Wildman–Crippen MR) is 73.1 cm³/mol. The number of rotatable bonds is 3. The van der Waals surface area contributed by atoms with E-state index in [0.717, 1.165) is 5.52 Å². The molecule has 6 heteroatoms. The van der Waals surface area contributed by atoms with E-state index in [1.807, 2.05) is 22.7 Å². The molecule has 20 heavy (non-hydrogen) atoms. The van der Waals surface area contributed by atoms with Gasteiger partial charge in [0.1, 0.15) is 11.5 Å². The SMILES string of the molecule is Cc1cc([N+](=O)[O-])ccc1Oc1ccn2cncc2c1. The van der Waals surface area contributed by atoms with E-state index in [-0.39, 0.29) is 5.69 Å². The Morgan fingerprint density at radius 2 is 2.15 bits per heavy atom. The third kappa shape index (κ3) is 2.18. The first-order valence-corrected chi connectivity index (χ1v) is 5.98. The Bertz CT molecular complexity index is 795. The van der Waals surface area contributed by atoms with Crippen molar-refractivity contribution >= 4 is 11.2 Å². The summed E-state index contributed by atoms with van der Waals surface area (Å²) in [6.45, 7) is 1.78. The third-order valence-corrected chi connectivity index (χ3v) is 2.98. The van der Waals surface area contributed by atoms with E-state index in [2.05, 4.69) is 4.98 Å². The Morgan fingerprint density at radius 1 is 1.30 bits per heavy atom. The van der Waals surface area contributed by atoms with E-state index in [1.165, 1.54) is 12.1 Å². The molecule has 0 aliphatic rings. The van der Waals surface area contributed by atoms with Crippen LogP contribution in [0.15, 0.2) is 49.1 Å². The van der Waals surface area contributed by atoms with Crippen LogP contribution in [0.1, 0.15) is 5.56 Å². The number of imidazole rings is 1. The largest absolute Gasteiger partial charge is 0.457 e. The number of pyridine rings is 1. The van der Waals surface area contributed by atoms with Gasteiger partial charge in [0, 0.05) is 24.4 Å². The molecule has 0 unspecified atom stereocenters. The number of nitrogens with zero attached hydrogens (tertiary/aromatic N) is 3. The summed E-state index contributed by atoms with van der Waals surface area (Å²) in [6, 6.07) is 8.20. The second-order valence-corrected chi connectivity index (χ2v) is 4.40. The molecule has 0 atom stereocenters. The van der Waals surface area contributed by atoms with E-state index in [1.54, 1.807) is 25.5 Å². The second-order valence-electron chi connectivity index (χ2n) is 4.40. The fourth-order valence-electron chi connectivity index (χ4n) is 1.95. The number of benzene rings is 1. The van der Waals surface area contributed by atoms with Crippen LogP contribution in [0.3, 0.4) is 0 Å². The van der Waals surface area contributed by atoms with E-state index >= 15 is 0 Å². The van der Waals surface area contributed by atoms with Gasteiger partial charge in [-0.2, -0.15) is 0 Å². The summed E-state index contributed by atoms with van der Waals surface area (Å²) in [5.41, 5.74) is 1.69. The molecule has 0 bridgehead atoms. The summed E-state index contributed by atoms with van der Waals surface area (Å²) >= 11 is 0. The highest BCUT2D eigenvalue weighted by Gasteiger charge is 2.09. The van der Waals surface area contributed by atoms with Crippen molar-refractivity contribution in [3.63, 3.8) is 0 Å². The summed E-state index contributed by atoms with van der Waals surface area (Å²) in [6.07, 6.45) is 5.28. The predicted octanol–water partition coefficient (Wildman–Crippen LogP) is 3.34. The first-order valence-electron chi connectivity index (χ1n) is 5.98. The smallest absolute Gasteiger partial charge is 0.269 e. The molecular formula is C14H11N3O3. The van der Waals surface area contributed by atoms with Crippen molar-refractivity contribution in [2.75, 3.05) is 0 Å². The number of nitro benzene ring substituents is 1. The molecule has 6 nitrogen and oxygen atoms in total. The molecule has 0 amide bonds. The molecule has 2 heterocycles. The van der Waals surface area contributed by atoms with Gasteiger partial charge >= 0.3 is 0 Å². The molecule has 0 radical (unpaired) electrons. The first-order chi connectivity index (χ1) is 9.63. The van der Waals surface area contributed by atoms with Gasteiger partial charge in [0.05, 0.1) is 23.0 Å². The fourth-order valence-corrected chi connectivity index (χ4v) is 1.95. The average molecular weight is 269 g/mol. The van der Waals surface area contributed by atoms with E-state index in [4.69, 9.17) is 4.74 Å².